The first-order valence-electron chi connectivity index (χ1n) is 7.17. The molecule has 0 bridgehead atoms. The highest BCUT2D eigenvalue weighted by atomic mass is 32.1. The number of aliphatic hydroxyl groups is 1. The number of halogens is 1. The van der Waals surface area contributed by atoms with E-state index in [1.807, 2.05) is 13.8 Å². The first kappa shape index (κ1) is 16.1. The number of anilines is 2. The van der Waals surface area contributed by atoms with Gasteiger partial charge in [-0.3, -0.25) is 0 Å². The first-order valence-corrected chi connectivity index (χ1v) is 7.98. The number of ether oxygens (including phenoxy) is 1. The molecule has 0 fully saturated rings. The molecule has 0 atom stereocenters. The Labute approximate surface area is 141 Å². The molecule has 0 unspecified atom stereocenters. The van der Waals surface area contributed by atoms with E-state index < -0.39 is 5.82 Å². The van der Waals surface area contributed by atoms with E-state index in [4.69, 9.17) is 4.74 Å². The summed E-state index contributed by atoms with van der Waals surface area (Å²) in [5.41, 5.74) is 1.05. The fourth-order valence-corrected chi connectivity index (χ4v) is 2.82. The number of aliphatic hydroxyl groups excluding tert-OH is 1. The molecule has 2 N–H and O–H groups in total. The van der Waals surface area contributed by atoms with Gasteiger partial charge in [0.25, 0.3) is 0 Å². The Hall–Kier alpha value is -2.74. The smallest absolute Gasteiger partial charge is 0.161 e. The number of benzene rings is 1. The molecule has 2 aromatic heterocycles. The number of nitrogens with zero attached hydrogens (tertiary/aromatic N) is 3. The minimum absolute atomic E-state index is 0.110. The largest absolute Gasteiger partial charge is 0.505 e. The quantitative estimate of drug-likeness (QED) is 0.671. The zero-order valence-corrected chi connectivity index (χ0v) is 13.9. The van der Waals surface area contributed by atoms with Crippen molar-refractivity contribution in [3.63, 3.8) is 0 Å². The second kappa shape index (κ2) is 6.40. The van der Waals surface area contributed by atoms with E-state index in [0.717, 1.165) is 0 Å². The van der Waals surface area contributed by atoms with E-state index in [9.17, 15) is 9.50 Å². The summed E-state index contributed by atoms with van der Waals surface area (Å²) < 4.78 is 19.1. The van der Waals surface area contributed by atoms with Gasteiger partial charge in [0.2, 0.25) is 0 Å². The summed E-state index contributed by atoms with van der Waals surface area (Å²) in [5, 5.41) is 13.0. The molecule has 0 aliphatic carbocycles. The zero-order chi connectivity index (χ0) is 17.3. The summed E-state index contributed by atoms with van der Waals surface area (Å²) >= 11 is 1.20. The molecular formula is C16H15FN4O2S. The Balaban J connectivity index is 2.02. The second-order valence-corrected chi connectivity index (χ2v) is 6.25. The third-order valence-electron chi connectivity index (χ3n) is 3.00. The lowest BCUT2D eigenvalue weighted by Crippen LogP contribution is -2.08. The Morgan fingerprint density at radius 1 is 1.38 bits per heavy atom. The van der Waals surface area contributed by atoms with Gasteiger partial charge in [0, 0.05) is 6.07 Å². The third kappa shape index (κ3) is 3.28. The molecule has 0 saturated carbocycles. The van der Waals surface area contributed by atoms with Crippen molar-refractivity contribution in [2.24, 2.45) is 0 Å². The highest BCUT2D eigenvalue weighted by Crippen LogP contribution is 2.33. The van der Waals surface area contributed by atoms with Gasteiger partial charge in [-0.25, -0.2) is 19.3 Å². The fraction of sp³-hybridized carbons (Fsp3) is 0.188. The number of hydrogen-bond acceptors (Lipinski definition) is 7. The van der Waals surface area contributed by atoms with Gasteiger partial charge < -0.3 is 15.2 Å². The van der Waals surface area contributed by atoms with Crippen molar-refractivity contribution in [3.05, 3.63) is 41.9 Å². The van der Waals surface area contributed by atoms with Gasteiger partial charge in [0.1, 0.15) is 34.0 Å². The normalized spacial score (nSPS) is 11.0. The van der Waals surface area contributed by atoms with Crippen molar-refractivity contribution in [1.29, 1.82) is 0 Å². The molecule has 0 amide bonds. The van der Waals surface area contributed by atoms with Crippen LogP contribution in [0.1, 0.15) is 18.9 Å². The number of hydrogen-bond donors (Lipinski definition) is 2. The lowest BCUT2D eigenvalue weighted by molar-refractivity contribution is 0.243. The number of nitrogens with one attached hydrogen (secondary N) is 1. The molecule has 1 aromatic carbocycles. The summed E-state index contributed by atoms with van der Waals surface area (Å²) in [6.07, 6.45) is 1.28. The lowest BCUT2D eigenvalue weighted by Gasteiger charge is -2.15. The molecule has 3 aromatic rings. The molecule has 0 radical (unpaired) electrons. The molecule has 0 saturated heterocycles. The lowest BCUT2D eigenvalue weighted by atomic mass is 10.2. The number of aromatic nitrogens is 3. The van der Waals surface area contributed by atoms with Crippen LogP contribution < -0.4 is 10.1 Å². The number of fused-ring (bicyclic) bond motifs is 1. The SMILES string of the molecule is C=C(O)c1nc2c(Nc3ccc(F)cc3OC(C)C)ncnc2s1. The molecule has 0 aliphatic rings. The molecule has 124 valence electrons. The summed E-state index contributed by atoms with van der Waals surface area (Å²) in [7, 11) is 0. The highest BCUT2D eigenvalue weighted by molar-refractivity contribution is 7.19. The molecule has 24 heavy (non-hydrogen) atoms. The van der Waals surface area contributed by atoms with Crippen LogP contribution in [-0.2, 0) is 0 Å². The van der Waals surface area contributed by atoms with Gasteiger partial charge in [0.05, 0.1) is 11.8 Å². The van der Waals surface area contributed by atoms with Crippen LogP contribution in [0.15, 0.2) is 31.1 Å². The summed E-state index contributed by atoms with van der Waals surface area (Å²) in [6, 6.07) is 4.21. The molecule has 0 spiro atoms. The number of rotatable bonds is 5. The van der Waals surface area contributed by atoms with Crippen LogP contribution in [-0.4, -0.2) is 26.2 Å². The summed E-state index contributed by atoms with van der Waals surface area (Å²) in [5.74, 6) is 0.286. The predicted octanol–water partition coefficient (Wildman–Crippen LogP) is 4.28. The monoisotopic (exact) mass is 346 g/mol. The molecular weight excluding hydrogens is 331 g/mol. The third-order valence-corrected chi connectivity index (χ3v) is 4.01. The molecule has 3 rings (SSSR count). The molecule has 8 heteroatoms. The number of thiazole rings is 1. The van der Waals surface area contributed by atoms with Crippen molar-refractivity contribution in [1.82, 2.24) is 15.0 Å². The minimum atomic E-state index is -0.392. The fourth-order valence-electron chi connectivity index (χ4n) is 2.05. The van der Waals surface area contributed by atoms with E-state index in [1.54, 1.807) is 6.07 Å². The van der Waals surface area contributed by atoms with E-state index in [-0.39, 0.29) is 11.9 Å². The Bertz CT molecular complexity index is 910. The predicted molar refractivity (Wildman–Crippen MR) is 92.3 cm³/mol. The van der Waals surface area contributed by atoms with Gasteiger partial charge in [-0.2, -0.15) is 0 Å². The topological polar surface area (TPSA) is 80.2 Å². The zero-order valence-electron chi connectivity index (χ0n) is 13.1. The van der Waals surface area contributed by atoms with Gasteiger partial charge in [0.15, 0.2) is 10.8 Å². The highest BCUT2D eigenvalue weighted by Gasteiger charge is 2.14. The summed E-state index contributed by atoms with van der Waals surface area (Å²) in [4.78, 5) is 13.2. The van der Waals surface area contributed by atoms with Gasteiger partial charge in [-0.15, -0.1) is 0 Å². The van der Waals surface area contributed by atoms with Crippen LogP contribution >= 0.6 is 11.3 Å². The average molecular weight is 346 g/mol. The molecule has 2 heterocycles. The minimum Gasteiger partial charge on any atom is -0.505 e. The van der Waals surface area contributed by atoms with E-state index in [0.29, 0.717) is 32.6 Å². The van der Waals surface area contributed by atoms with E-state index >= 15 is 0 Å². The standard InChI is InChI=1S/C16H15FN4O2S/c1-8(2)23-12-6-10(17)4-5-11(12)20-14-13-16(19-7-18-14)24-15(21-13)9(3)22/h4-8,22H,3H2,1-2H3,(H,18,19,20). The Kier molecular flexibility index (Phi) is 4.30. The van der Waals surface area contributed by atoms with Gasteiger partial charge in [-0.05, 0) is 26.0 Å². The van der Waals surface area contributed by atoms with E-state index in [2.05, 4.69) is 26.8 Å². The maximum absolute atomic E-state index is 13.5. The Morgan fingerprint density at radius 2 is 2.17 bits per heavy atom. The maximum Gasteiger partial charge on any atom is 0.161 e. The van der Waals surface area contributed by atoms with Crippen LogP contribution in [0.3, 0.4) is 0 Å². The maximum atomic E-state index is 13.5. The summed E-state index contributed by atoms with van der Waals surface area (Å²) in [6.45, 7) is 7.18. The van der Waals surface area contributed by atoms with Crippen molar-refractivity contribution < 1.29 is 14.2 Å². The van der Waals surface area contributed by atoms with Crippen molar-refractivity contribution >= 4 is 38.9 Å². The second-order valence-electron chi connectivity index (χ2n) is 5.27. The van der Waals surface area contributed by atoms with Crippen molar-refractivity contribution in [3.8, 4) is 5.75 Å². The average Bonchev–Trinajstić information content (AvgIpc) is 2.95. The first-order chi connectivity index (χ1) is 11.4. The molecule has 6 nitrogen and oxygen atoms in total. The molecule has 0 aliphatic heterocycles. The van der Waals surface area contributed by atoms with Crippen LogP contribution in [0.2, 0.25) is 0 Å². The van der Waals surface area contributed by atoms with Gasteiger partial charge >= 0.3 is 0 Å². The van der Waals surface area contributed by atoms with Crippen LogP contribution in [0, 0.1) is 5.82 Å². The van der Waals surface area contributed by atoms with Crippen LogP contribution in [0.25, 0.3) is 16.1 Å². The van der Waals surface area contributed by atoms with Crippen LogP contribution in [0.4, 0.5) is 15.9 Å². The van der Waals surface area contributed by atoms with Gasteiger partial charge in [-0.1, -0.05) is 17.9 Å². The van der Waals surface area contributed by atoms with E-state index in [1.165, 1.54) is 29.8 Å². The van der Waals surface area contributed by atoms with Crippen LogP contribution in [0.5, 0.6) is 5.75 Å². The van der Waals surface area contributed by atoms with Crippen molar-refractivity contribution in [2.75, 3.05) is 5.32 Å². The van der Waals surface area contributed by atoms with Crippen molar-refractivity contribution in [2.45, 2.75) is 20.0 Å². The Morgan fingerprint density at radius 3 is 2.88 bits per heavy atom.